The van der Waals surface area contributed by atoms with Crippen LogP contribution in [0.25, 0.3) is 0 Å². The van der Waals surface area contributed by atoms with Gasteiger partial charge in [-0.15, -0.1) is 0 Å². The molecule has 57 heavy (non-hydrogen) atoms. The molecule has 0 spiro atoms. The van der Waals surface area contributed by atoms with Crippen LogP contribution < -0.4 is 26.0 Å². The Labute approximate surface area is 331 Å². The van der Waals surface area contributed by atoms with Crippen molar-refractivity contribution in [3.8, 4) is 5.75 Å². The van der Waals surface area contributed by atoms with Gasteiger partial charge in [0.25, 0.3) is 11.8 Å². The highest BCUT2D eigenvalue weighted by Gasteiger charge is 2.18. The van der Waals surface area contributed by atoms with Crippen molar-refractivity contribution in [2.75, 3.05) is 27.9 Å². The summed E-state index contributed by atoms with van der Waals surface area (Å²) < 4.78 is 16.6. The minimum atomic E-state index is -0.715. The van der Waals surface area contributed by atoms with Crippen LogP contribution in [0.5, 0.6) is 5.75 Å². The summed E-state index contributed by atoms with van der Waals surface area (Å²) in [4.78, 5) is 64.8. The summed E-state index contributed by atoms with van der Waals surface area (Å²) in [6.07, 6.45) is 7.55. The lowest BCUT2D eigenvalue weighted by molar-refractivity contribution is 0.101. The average Bonchev–Trinajstić information content (AvgIpc) is 3.22. The fourth-order valence-corrected chi connectivity index (χ4v) is 5.48. The van der Waals surface area contributed by atoms with Gasteiger partial charge in [0.15, 0.2) is 0 Å². The van der Waals surface area contributed by atoms with Gasteiger partial charge in [-0.25, -0.2) is 24.5 Å². The number of hydrogen-bond acceptors (Lipinski definition) is 10. The second kappa shape index (κ2) is 22.5. The molecule has 4 N–H and O–H groups in total. The fraction of sp³-hybridized carbons (Fsp3) is 0.279. The molecule has 3 aromatic heterocycles. The van der Waals surface area contributed by atoms with Crippen molar-refractivity contribution in [1.29, 1.82) is 0 Å². The van der Waals surface area contributed by atoms with Crippen LogP contribution in [0.4, 0.5) is 32.9 Å². The molecule has 0 atom stereocenters. The third-order valence-corrected chi connectivity index (χ3v) is 8.40. The van der Waals surface area contributed by atoms with Crippen LogP contribution >= 0.6 is 0 Å². The van der Waals surface area contributed by atoms with Crippen molar-refractivity contribution >= 4 is 47.3 Å². The van der Waals surface area contributed by atoms with Crippen molar-refractivity contribution in [2.24, 2.45) is 0 Å². The Morgan fingerprint density at radius 2 is 0.912 bits per heavy atom. The maximum absolute atomic E-state index is 13.5. The molecule has 0 saturated heterocycles. The SMILES string of the molecule is CCCCCCCCCCOc1cc(C(=O)Nc2cccc(NC(=O)OCc3ccccc3)n2)nc(C(=O)Nc2cccc(NC(=O)OCc3ccccc3)n2)c1. The highest BCUT2D eigenvalue weighted by atomic mass is 16.6. The number of nitrogens with one attached hydrogen (secondary N) is 4. The summed E-state index contributed by atoms with van der Waals surface area (Å²) in [6, 6.07) is 30.7. The van der Waals surface area contributed by atoms with Crippen LogP contribution in [-0.2, 0) is 22.7 Å². The van der Waals surface area contributed by atoms with Crippen LogP contribution in [0.15, 0.2) is 109 Å². The number of carbonyl (C=O) groups excluding carboxylic acids is 4. The number of anilines is 4. The highest BCUT2D eigenvalue weighted by Crippen LogP contribution is 2.20. The molecule has 0 aliphatic rings. The van der Waals surface area contributed by atoms with Crippen molar-refractivity contribution < 1.29 is 33.4 Å². The maximum Gasteiger partial charge on any atom is 0.413 e. The Balaban J connectivity index is 1.23. The molecule has 4 amide bonds. The van der Waals surface area contributed by atoms with Gasteiger partial charge in [-0.3, -0.25) is 20.2 Å². The van der Waals surface area contributed by atoms with Gasteiger partial charge >= 0.3 is 12.2 Å². The molecule has 5 aromatic rings. The first-order chi connectivity index (χ1) is 27.8. The van der Waals surface area contributed by atoms with Gasteiger partial charge in [-0.2, -0.15) is 0 Å². The Morgan fingerprint density at radius 1 is 0.491 bits per heavy atom. The number of pyridine rings is 3. The van der Waals surface area contributed by atoms with Crippen LogP contribution in [0, 0.1) is 0 Å². The van der Waals surface area contributed by atoms with Gasteiger partial charge < -0.3 is 24.8 Å². The van der Waals surface area contributed by atoms with E-state index < -0.39 is 24.0 Å². The number of ether oxygens (including phenoxy) is 3. The number of nitrogens with zero attached hydrogens (tertiary/aromatic N) is 3. The molecule has 0 radical (unpaired) electrons. The minimum Gasteiger partial charge on any atom is -0.493 e. The smallest absolute Gasteiger partial charge is 0.413 e. The Hall–Kier alpha value is -6.83. The van der Waals surface area contributed by atoms with E-state index in [1.807, 2.05) is 60.7 Å². The van der Waals surface area contributed by atoms with Gasteiger partial charge in [0, 0.05) is 12.1 Å². The van der Waals surface area contributed by atoms with Crippen molar-refractivity contribution in [2.45, 2.75) is 71.5 Å². The van der Waals surface area contributed by atoms with E-state index in [-0.39, 0.29) is 53.6 Å². The number of rotatable bonds is 20. The Bertz CT molecular complexity index is 1930. The van der Waals surface area contributed by atoms with Crippen molar-refractivity contribution in [3.63, 3.8) is 0 Å². The topological polar surface area (TPSA) is 183 Å². The molecule has 0 aliphatic heterocycles. The first-order valence-electron chi connectivity index (χ1n) is 19.0. The average molecular weight is 774 g/mol. The van der Waals surface area contributed by atoms with E-state index in [1.165, 1.54) is 44.2 Å². The van der Waals surface area contributed by atoms with E-state index in [1.54, 1.807) is 36.4 Å². The molecule has 0 fully saturated rings. The molecule has 0 saturated carbocycles. The summed E-state index contributed by atoms with van der Waals surface area (Å²) in [7, 11) is 0. The molecule has 296 valence electrons. The molecule has 5 rings (SSSR count). The quantitative estimate of drug-likeness (QED) is 0.0556. The normalized spacial score (nSPS) is 10.5. The molecular weight excluding hydrogens is 727 g/mol. The number of aromatic nitrogens is 3. The van der Waals surface area contributed by atoms with E-state index in [2.05, 4.69) is 43.1 Å². The van der Waals surface area contributed by atoms with Crippen molar-refractivity contribution in [1.82, 2.24) is 15.0 Å². The molecule has 14 nitrogen and oxygen atoms in total. The van der Waals surface area contributed by atoms with E-state index >= 15 is 0 Å². The molecular formula is C43H47N7O7. The molecule has 14 heteroatoms. The third kappa shape index (κ3) is 14.7. The summed E-state index contributed by atoms with van der Waals surface area (Å²) in [5.74, 6) is -0.528. The van der Waals surface area contributed by atoms with Crippen molar-refractivity contribution in [3.05, 3.63) is 132 Å². The van der Waals surface area contributed by atoms with Gasteiger partial charge in [0.05, 0.1) is 6.61 Å². The first kappa shape index (κ1) is 41.3. The molecule has 0 unspecified atom stereocenters. The maximum atomic E-state index is 13.5. The van der Waals surface area contributed by atoms with Gasteiger partial charge in [0.1, 0.15) is 53.6 Å². The summed E-state index contributed by atoms with van der Waals surface area (Å²) in [6.45, 7) is 2.73. The number of benzene rings is 2. The lowest BCUT2D eigenvalue weighted by atomic mass is 10.1. The predicted molar refractivity (Wildman–Crippen MR) is 217 cm³/mol. The molecule has 0 aliphatic carbocycles. The van der Waals surface area contributed by atoms with Crippen LogP contribution in [0.2, 0.25) is 0 Å². The van der Waals surface area contributed by atoms with Gasteiger partial charge in [-0.05, 0) is 41.8 Å². The zero-order chi connectivity index (χ0) is 40.1. The summed E-state index contributed by atoms with van der Waals surface area (Å²) >= 11 is 0. The summed E-state index contributed by atoms with van der Waals surface area (Å²) in [5.41, 5.74) is 1.43. The van der Waals surface area contributed by atoms with E-state index in [0.29, 0.717) is 6.61 Å². The number of hydrogen-bond donors (Lipinski definition) is 4. The minimum absolute atomic E-state index is 0.0738. The molecule has 2 aromatic carbocycles. The van der Waals surface area contributed by atoms with E-state index in [0.717, 1.165) is 30.4 Å². The van der Waals surface area contributed by atoms with E-state index in [9.17, 15) is 19.2 Å². The second-order valence-electron chi connectivity index (χ2n) is 13.0. The lowest BCUT2D eigenvalue weighted by Gasteiger charge is -2.12. The lowest BCUT2D eigenvalue weighted by Crippen LogP contribution is -2.20. The van der Waals surface area contributed by atoms with Crippen LogP contribution in [0.3, 0.4) is 0 Å². The zero-order valence-electron chi connectivity index (χ0n) is 31.9. The highest BCUT2D eigenvalue weighted by molar-refractivity contribution is 6.06. The number of unbranched alkanes of at least 4 members (excludes halogenated alkanes) is 7. The van der Waals surface area contributed by atoms with Crippen LogP contribution in [-0.4, -0.2) is 45.6 Å². The van der Waals surface area contributed by atoms with E-state index in [4.69, 9.17) is 14.2 Å². The fourth-order valence-electron chi connectivity index (χ4n) is 5.48. The monoisotopic (exact) mass is 773 g/mol. The Kier molecular flexibility index (Phi) is 16.3. The van der Waals surface area contributed by atoms with Crippen LogP contribution in [0.1, 0.15) is 90.4 Å². The second-order valence-corrected chi connectivity index (χ2v) is 13.0. The third-order valence-electron chi connectivity index (χ3n) is 8.40. The molecule has 3 heterocycles. The standard InChI is InChI=1S/C43H47N7O7/c1-2-3-4-5-6-7-8-15-26-55-33-27-34(40(51)47-36-22-16-24-38(45-36)49-42(53)56-29-31-18-11-9-12-19-31)44-35(28-33)41(52)48-37-23-17-25-39(46-37)50-43(54)57-30-32-20-13-10-14-21-32/h9-14,16-25,27-28H,2-8,15,26,29-30H2,1H3,(H2,45,47,49,51,53)(H2,46,48,50,52,54). The van der Waals surface area contributed by atoms with Gasteiger partial charge in [0.2, 0.25) is 0 Å². The number of amides is 4. The van der Waals surface area contributed by atoms with Gasteiger partial charge in [-0.1, -0.05) is 125 Å². The Morgan fingerprint density at radius 3 is 1.37 bits per heavy atom. The largest absolute Gasteiger partial charge is 0.493 e. The zero-order valence-corrected chi connectivity index (χ0v) is 31.9. The molecule has 0 bridgehead atoms. The first-order valence-corrected chi connectivity index (χ1v) is 19.0. The predicted octanol–water partition coefficient (Wildman–Crippen LogP) is 9.39. The number of carbonyl (C=O) groups is 4. The summed E-state index contributed by atoms with van der Waals surface area (Å²) in [5, 5.41) is 10.4.